The number of carbonyl (C=O) groups is 1. The predicted octanol–water partition coefficient (Wildman–Crippen LogP) is 6.88. The molecule has 9 nitrogen and oxygen atoms in total. The van der Waals surface area contributed by atoms with Crippen LogP contribution in [0, 0.1) is 0 Å². The topological polar surface area (TPSA) is 149 Å². The molecule has 1 aliphatic rings. The van der Waals surface area contributed by atoms with Gasteiger partial charge in [0, 0.05) is 6.42 Å². The summed E-state index contributed by atoms with van der Waals surface area (Å²) < 4.78 is 11.1. The highest BCUT2D eigenvalue weighted by molar-refractivity contribution is 5.76. The maximum Gasteiger partial charge on any atom is 0.220 e. The molecule has 0 radical (unpaired) electrons. The molecule has 0 aromatic heterocycles. The molecule has 0 spiro atoms. The molecule has 1 heterocycles. The molecule has 288 valence electrons. The summed E-state index contributed by atoms with van der Waals surface area (Å²) in [7, 11) is 0. The molecule has 0 aromatic rings. The summed E-state index contributed by atoms with van der Waals surface area (Å²) >= 11 is 0. The van der Waals surface area contributed by atoms with Crippen LogP contribution in [0.5, 0.6) is 0 Å². The lowest BCUT2D eigenvalue weighted by molar-refractivity contribution is -0.302. The third kappa shape index (κ3) is 22.7. The lowest BCUT2D eigenvalue weighted by Crippen LogP contribution is -2.60. The van der Waals surface area contributed by atoms with Crippen molar-refractivity contribution in [2.45, 2.75) is 179 Å². The van der Waals surface area contributed by atoms with Crippen molar-refractivity contribution in [1.29, 1.82) is 0 Å². The Morgan fingerprint density at radius 2 is 1.22 bits per heavy atom. The van der Waals surface area contributed by atoms with E-state index in [9.17, 15) is 30.3 Å². The predicted molar refractivity (Wildman–Crippen MR) is 202 cm³/mol. The quantitative estimate of drug-likeness (QED) is 0.0350. The second-order valence-electron chi connectivity index (χ2n) is 13.4. The fraction of sp³-hybridized carbons (Fsp3) is 0.732. The van der Waals surface area contributed by atoms with Gasteiger partial charge >= 0.3 is 0 Å². The van der Waals surface area contributed by atoms with E-state index in [0.717, 1.165) is 83.5 Å². The zero-order valence-electron chi connectivity index (χ0n) is 31.1. The van der Waals surface area contributed by atoms with Gasteiger partial charge in [-0.25, -0.2) is 0 Å². The number of hydrogen-bond acceptors (Lipinski definition) is 8. The standard InChI is InChI=1S/C41H71NO8/c1-3-5-7-9-11-13-14-15-16-17-18-19-20-21-22-23-25-27-29-31-37(45)42-34(35(44)30-28-26-24-12-10-8-6-4-2)33-49-41-40(48)39(47)38(46)36(32-43)50-41/h10-13,15-16,18-19,28,30,34-36,38-41,43-44,46-48H,3-9,14,17,20-27,29,31-33H2,1-2H3,(H,42,45)/b12-10+,13-11-,16-15-,19-18-,30-28+. The molecule has 7 atom stereocenters. The zero-order chi connectivity index (χ0) is 36.7. The monoisotopic (exact) mass is 706 g/mol. The summed E-state index contributed by atoms with van der Waals surface area (Å²) in [5, 5.41) is 53.7. The average Bonchev–Trinajstić information content (AvgIpc) is 3.11. The van der Waals surface area contributed by atoms with Crippen LogP contribution in [-0.4, -0.2) is 87.5 Å². The number of carbonyl (C=O) groups excluding carboxylic acids is 1. The van der Waals surface area contributed by atoms with Crippen molar-refractivity contribution in [2.24, 2.45) is 0 Å². The number of hydrogen-bond donors (Lipinski definition) is 6. The van der Waals surface area contributed by atoms with Gasteiger partial charge in [-0.3, -0.25) is 4.79 Å². The Hall–Kier alpha value is -2.11. The van der Waals surface area contributed by atoms with Crippen LogP contribution in [-0.2, 0) is 14.3 Å². The van der Waals surface area contributed by atoms with Crippen molar-refractivity contribution >= 4 is 5.91 Å². The molecular weight excluding hydrogens is 634 g/mol. The summed E-state index contributed by atoms with van der Waals surface area (Å²) in [5.41, 5.74) is 0. The first-order valence-electron chi connectivity index (χ1n) is 19.5. The van der Waals surface area contributed by atoms with Gasteiger partial charge in [0.05, 0.1) is 25.4 Å². The number of aliphatic hydroxyl groups is 5. The van der Waals surface area contributed by atoms with Crippen molar-refractivity contribution < 1.29 is 39.8 Å². The molecule has 50 heavy (non-hydrogen) atoms. The normalized spacial score (nSPS) is 22.9. The fourth-order valence-electron chi connectivity index (χ4n) is 5.57. The first kappa shape index (κ1) is 45.9. The Labute approximate surface area is 303 Å². The number of unbranched alkanes of at least 4 members (excludes halogenated alkanes) is 12. The third-order valence-corrected chi connectivity index (χ3v) is 8.81. The lowest BCUT2D eigenvalue weighted by atomic mass is 9.99. The number of ether oxygens (including phenoxy) is 2. The minimum atomic E-state index is -1.57. The first-order chi connectivity index (χ1) is 24.3. The van der Waals surface area contributed by atoms with E-state index in [4.69, 9.17) is 9.47 Å². The number of nitrogens with one attached hydrogen (secondary N) is 1. The Kier molecular flexibility index (Phi) is 29.0. The van der Waals surface area contributed by atoms with Crippen LogP contribution in [0.3, 0.4) is 0 Å². The summed E-state index contributed by atoms with van der Waals surface area (Å²) in [4.78, 5) is 12.8. The molecule has 0 saturated carbocycles. The zero-order valence-corrected chi connectivity index (χ0v) is 31.1. The minimum absolute atomic E-state index is 0.208. The molecule has 1 aliphatic heterocycles. The maximum atomic E-state index is 12.8. The summed E-state index contributed by atoms with van der Waals surface area (Å²) in [6.45, 7) is 3.61. The Balaban J connectivity index is 2.39. The average molecular weight is 706 g/mol. The van der Waals surface area contributed by atoms with Crippen molar-refractivity contribution in [3.63, 3.8) is 0 Å². The molecule has 6 N–H and O–H groups in total. The second-order valence-corrected chi connectivity index (χ2v) is 13.4. The molecule has 1 amide bonds. The number of allylic oxidation sites excluding steroid dienone is 9. The van der Waals surface area contributed by atoms with E-state index in [0.29, 0.717) is 6.42 Å². The van der Waals surface area contributed by atoms with E-state index in [-0.39, 0.29) is 12.5 Å². The van der Waals surface area contributed by atoms with Gasteiger partial charge in [0.25, 0.3) is 0 Å². The van der Waals surface area contributed by atoms with Crippen LogP contribution >= 0.6 is 0 Å². The van der Waals surface area contributed by atoms with Crippen LogP contribution < -0.4 is 5.32 Å². The summed E-state index contributed by atoms with van der Waals surface area (Å²) in [5.74, 6) is -0.208. The largest absolute Gasteiger partial charge is 0.394 e. The number of amides is 1. The van der Waals surface area contributed by atoms with Crippen molar-refractivity contribution in [1.82, 2.24) is 5.32 Å². The van der Waals surface area contributed by atoms with Crippen molar-refractivity contribution in [3.8, 4) is 0 Å². The van der Waals surface area contributed by atoms with E-state index in [2.05, 4.69) is 67.8 Å². The molecule has 1 rings (SSSR count). The smallest absolute Gasteiger partial charge is 0.220 e. The number of aliphatic hydroxyl groups excluding tert-OH is 5. The molecule has 0 bridgehead atoms. The Bertz CT molecular complexity index is 962. The van der Waals surface area contributed by atoms with Crippen LogP contribution in [0.1, 0.15) is 136 Å². The van der Waals surface area contributed by atoms with E-state index >= 15 is 0 Å². The van der Waals surface area contributed by atoms with Crippen molar-refractivity contribution in [2.75, 3.05) is 13.2 Å². The van der Waals surface area contributed by atoms with Gasteiger partial charge < -0.3 is 40.3 Å². The molecule has 9 heteroatoms. The van der Waals surface area contributed by atoms with Gasteiger partial charge in [-0.1, -0.05) is 126 Å². The van der Waals surface area contributed by atoms with Gasteiger partial charge in [-0.2, -0.15) is 0 Å². The molecule has 0 aliphatic carbocycles. The van der Waals surface area contributed by atoms with Crippen LogP contribution in [0.15, 0.2) is 60.8 Å². The van der Waals surface area contributed by atoms with Crippen LogP contribution in [0.4, 0.5) is 0 Å². The highest BCUT2D eigenvalue weighted by Gasteiger charge is 2.44. The van der Waals surface area contributed by atoms with E-state index in [1.54, 1.807) is 6.08 Å². The van der Waals surface area contributed by atoms with E-state index in [1.165, 1.54) is 32.1 Å². The molecule has 0 aromatic carbocycles. The molecule has 1 fully saturated rings. The van der Waals surface area contributed by atoms with E-state index in [1.807, 2.05) is 6.08 Å². The van der Waals surface area contributed by atoms with Gasteiger partial charge in [0.2, 0.25) is 5.91 Å². The summed E-state index contributed by atoms with van der Waals surface area (Å²) in [6.07, 6.45) is 32.8. The van der Waals surface area contributed by atoms with Gasteiger partial charge in [0.15, 0.2) is 6.29 Å². The van der Waals surface area contributed by atoms with Crippen LogP contribution in [0.25, 0.3) is 0 Å². The highest BCUT2D eigenvalue weighted by atomic mass is 16.7. The van der Waals surface area contributed by atoms with Gasteiger partial charge in [-0.05, 0) is 64.2 Å². The third-order valence-electron chi connectivity index (χ3n) is 8.81. The maximum absolute atomic E-state index is 12.8. The highest BCUT2D eigenvalue weighted by Crippen LogP contribution is 2.22. The fourth-order valence-corrected chi connectivity index (χ4v) is 5.57. The lowest BCUT2D eigenvalue weighted by Gasteiger charge is -2.40. The molecular formula is C41H71NO8. The Morgan fingerprint density at radius 1 is 0.680 bits per heavy atom. The Morgan fingerprint density at radius 3 is 1.88 bits per heavy atom. The number of rotatable bonds is 30. The second kappa shape index (κ2) is 31.6. The minimum Gasteiger partial charge on any atom is -0.394 e. The van der Waals surface area contributed by atoms with Crippen molar-refractivity contribution in [3.05, 3.63) is 60.8 Å². The first-order valence-corrected chi connectivity index (χ1v) is 19.5. The van der Waals surface area contributed by atoms with Gasteiger partial charge in [0.1, 0.15) is 24.4 Å². The molecule has 1 saturated heterocycles. The van der Waals surface area contributed by atoms with Crippen LogP contribution in [0.2, 0.25) is 0 Å². The SMILES string of the molecule is CCCC/C=C/CC/C=C/C(O)C(COC1OC(CO)C(O)C(O)C1O)NC(=O)CCCCCCCC/C=C\C/C=C\C/C=C\CCCCC. The van der Waals surface area contributed by atoms with Gasteiger partial charge in [-0.15, -0.1) is 0 Å². The summed E-state index contributed by atoms with van der Waals surface area (Å²) in [6, 6.07) is -0.827. The van der Waals surface area contributed by atoms with E-state index < -0.39 is 49.5 Å². The molecule has 7 unspecified atom stereocenters.